The molecule has 0 N–H and O–H groups in total. The average Bonchev–Trinajstić information content (AvgIpc) is 2.39. The van der Waals surface area contributed by atoms with E-state index in [0.717, 1.165) is 30.1 Å². The molecule has 2 rings (SSSR count). The van der Waals surface area contributed by atoms with Gasteiger partial charge in [-0.1, -0.05) is 29.8 Å². The van der Waals surface area contributed by atoms with Crippen molar-refractivity contribution in [3.8, 4) is 0 Å². The third-order valence-corrected chi connectivity index (χ3v) is 3.97. The van der Waals surface area contributed by atoms with Gasteiger partial charge in [-0.3, -0.25) is 4.79 Å². The minimum Gasteiger partial charge on any atom is -0.469 e. The molecule has 1 aromatic carbocycles. The van der Waals surface area contributed by atoms with Gasteiger partial charge in [0.05, 0.1) is 13.0 Å². The van der Waals surface area contributed by atoms with Crippen LogP contribution in [0.4, 0.5) is 0 Å². The van der Waals surface area contributed by atoms with E-state index in [9.17, 15) is 4.79 Å². The molecule has 0 saturated carbocycles. The minimum atomic E-state index is -0.147. The number of piperidine rings is 1. The van der Waals surface area contributed by atoms with E-state index in [1.165, 1.54) is 7.11 Å². The van der Waals surface area contributed by atoms with Crippen molar-refractivity contribution in [2.45, 2.75) is 12.3 Å². The highest BCUT2D eigenvalue weighted by molar-refractivity contribution is 6.31. The van der Waals surface area contributed by atoms with E-state index in [0.29, 0.717) is 0 Å². The van der Waals surface area contributed by atoms with Gasteiger partial charge in [-0.2, -0.15) is 0 Å². The molecule has 0 amide bonds. The van der Waals surface area contributed by atoms with Gasteiger partial charge in [0.15, 0.2) is 0 Å². The molecule has 0 radical (unpaired) electrons. The largest absolute Gasteiger partial charge is 0.469 e. The summed E-state index contributed by atoms with van der Waals surface area (Å²) >= 11 is 6.24. The smallest absolute Gasteiger partial charge is 0.310 e. The van der Waals surface area contributed by atoms with Gasteiger partial charge in [-0.25, -0.2) is 0 Å². The lowest BCUT2D eigenvalue weighted by Crippen LogP contribution is -2.41. The van der Waals surface area contributed by atoms with Crippen LogP contribution >= 0.6 is 11.6 Å². The molecule has 0 aliphatic carbocycles. The molecule has 4 heteroatoms. The Balaban J connectivity index is 2.29. The molecule has 18 heavy (non-hydrogen) atoms. The number of halogens is 1. The Bertz CT molecular complexity index is 436. The quantitative estimate of drug-likeness (QED) is 0.772. The zero-order valence-electron chi connectivity index (χ0n) is 10.7. The molecule has 2 unspecified atom stereocenters. The van der Waals surface area contributed by atoms with Crippen LogP contribution in [0.25, 0.3) is 0 Å². The molecule has 1 aliphatic rings. The zero-order chi connectivity index (χ0) is 13.1. The van der Waals surface area contributed by atoms with Gasteiger partial charge in [-0.05, 0) is 31.6 Å². The fraction of sp³-hybridized carbons (Fsp3) is 0.500. The van der Waals surface area contributed by atoms with Crippen molar-refractivity contribution in [3.63, 3.8) is 0 Å². The van der Waals surface area contributed by atoms with Crippen LogP contribution in [-0.4, -0.2) is 38.1 Å². The monoisotopic (exact) mass is 267 g/mol. The number of hydrogen-bond donors (Lipinski definition) is 0. The van der Waals surface area contributed by atoms with Crippen molar-refractivity contribution < 1.29 is 9.53 Å². The Kier molecular flexibility index (Phi) is 4.25. The van der Waals surface area contributed by atoms with Gasteiger partial charge < -0.3 is 9.64 Å². The normalized spacial score (nSPS) is 24.8. The van der Waals surface area contributed by atoms with E-state index < -0.39 is 0 Å². The van der Waals surface area contributed by atoms with E-state index in [-0.39, 0.29) is 17.8 Å². The van der Waals surface area contributed by atoms with Crippen LogP contribution in [0.1, 0.15) is 17.9 Å². The van der Waals surface area contributed by atoms with Crippen LogP contribution in [0.2, 0.25) is 5.02 Å². The second-order valence-electron chi connectivity index (χ2n) is 4.81. The molecule has 1 heterocycles. The molecule has 98 valence electrons. The lowest BCUT2D eigenvalue weighted by molar-refractivity contribution is -0.148. The number of benzene rings is 1. The molecule has 1 aliphatic heterocycles. The topological polar surface area (TPSA) is 29.5 Å². The first-order valence-corrected chi connectivity index (χ1v) is 6.52. The number of carbonyl (C=O) groups excluding carboxylic acids is 1. The number of likely N-dealkylation sites (tertiary alicyclic amines) is 1. The van der Waals surface area contributed by atoms with Crippen molar-refractivity contribution in [2.75, 3.05) is 27.2 Å². The first-order chi connectivity index (χ1) is 8.63. The number of ether oxygens (including phenoxy) is 1. The maximum absolute atomic E-state index is 11.9. The van der Waals surface area contributed by atoms with Crippen LogP contribution < -0.4 is 0 Å². The molecule has 3 nitrogen and oxygen atoms in total. The van der Waals surface area contributed by atoms with Crippen molar-refractivity contribution >= 4 is 17.6 Å². The highest BCUT2D eigenvalue weighted by Crippen LogP contribution is 2.36. The van der Waals surface area contributed by atoms with Crippen LogP contribution in [0.15, 0.2) is 24.3 Å². The Morgan fingerprint density at radius 1 is 1.44 bits per heavy atom. The first kappa shape index (κ1) is 13.4. The Morgan fingerprint density at radius 2 is 2.17 bits per heavy atom. The van der Waals surface area contributed by atoms with Crippen molar-refractivity contribution in [1.29, 1.82) is 0 Å². The number of nitrogens with zero attached hydrogens (tertiary/aromatic N) is 1. The summed E-state index contributed by atoms with van der Waals surface area (Å²) in [6.45, 7) is 1.70. The number of methoxy groups -OCH3 is 1. The van der Waals surface area contributed by atoms with Crippen LogP contribution in [0.3, 0.4) is 0 Å². The maximum atomic E-state index is 11.9. The van der Waals surface area contributed by atoms with Crippen LogP contribution in [0.5, 0.6) is 0 Å². The van der Waals surface area contributed by atoms with Gasteiger partial charge in [0, 0.05) is 17.5 Å². The number of rotatable bonds is 2. The van der Waals surface area contributed by atoms with E-state index in [1.807, 2.05) is 31.3 Å². The van der Waals surface area contributed by atoms with E-state index in [4.69, 9.17) is 16.3 Å². The fourth-order valence-electron chi connectivity index (χ4n) is 2.65. The summed E-state index contributed by atoms with van der Waals surface area (Å²) in [5, 5.41) is 0.737. The molecular formula is C14H18ClNO2. The summed E-state index contributed by atoms with van der Waals surface area (Å²) in [6.07, 6.45) is 0.931. The Morgan fingerprint density at radius 3 is 2.83 bits per heavy atom. The third kappa shape index (κ3) is 2.68. The summed E-state index contributed by atoms with van der Waals surface area (Å²) in [5.41, 5.74) is 1.06. The van der Waals surface area contributed by atoms with E-state index >= 15 is 0 Å². The van der Waals surface area contributed by atoms with Gasteiger partial charge in [0.1, 0.15) is 0 Å². The Labute approximate surface area is 113 Å². The van der Waals surface area contributed by atoms with Gasteiger partial charge >= 0.3 is 5.97 Å². The lowest BCUT2D eigenvalue weighted by Gasteiger charge is -2.35. The summed E-state index contributed by atoms with van der Waals surface area (Å²) in [4.78, 5) is 14.1. The SMILES string of the molecule is COC(=O)C1CN(C)CCC1c1ccccc1Cl. The van der Waals surface area contributed by atoms with Gasteiger partial charge in [-0.15, -0.1) is 0 Å². The van der Waals surface area contributed by atoms with Crippen LogP contribution in [0, 0.1) is 5.92 Å². The number of hydrogen-bond acceptors (Lipinski definition) is 3. The summed E-state index contributed by atoms with van der Waals surface area (Å²) < 4.78 is 4.92. The molecule has 0 bridgehead atoms. The fourth-order valence-corrected chi connectivity index (χ4v) is 2.93. The second kappa shape index (κ2) is 5.72. The number of esters is 1. The molecule has 1 saturated heterocycles. The zero-order valence-corrected chi connectivity index (χ0v) is 11.5. The first-order valence-electron chi connectivity index (χ1n) is 6.14. The average molecular weight is 268 g/mol. The third-order valence-electron chi connectivity index (χ3n) is 3.62. The van der Waals surface area contributed by atoms with Crippen molar-refractivity contribution in [2.24, 2.45) is 5.92 Å². The summed E-state index contributed by atoms with van der Waals surface area (Å²) in [6, 6.07) is 7.76. The maximum Gasteiger partial charge on any atom is 0.310 e. The second-order valence-corrected chi connectivity index (χ2v) is 5.22. The molecule has 1 aromatic rings. The number of carbonyl (C=O) groups is 1. The van der Waals surface area contributed by atoms with Crippen molar-refractivity contribution in [3.05, 3.63) is 34.9 Å². The molecule has 1 fully saturated rings. The molecule has 0 aromatic heterocycles. The lowest BCUT2D eigenvalue weighted by atomic mass is 9.80. The standard InChI is InChI=1S/C14H18ClNO2/c1-16-8-7-10(12(9-16)14(17)18-2)11-5-3-4-6-13(11)15/h3-6,10,12H,7-9H2,1-2H3. The summed E-state index contributed by atoms with van der Waals surface area (Å²) in [5.74, 6) is -0.123. The molecule has 2 atom stereocenters. The highest BCUT2D eigenvalue weighted by atomic mass is 35.5. The van der Waals surface area contributed by atoms with E-state index in [1.54, 1.807) is 0 Å². The predicted octanol–water partition coefficient (Wildman–Crippen LogP) is 2.55. The summed E-state index contributed by atoms with van der Waals surface area (Å²) in [7, 11) is 3.47. The highest BCUT2D eigenvalue weighted by Gasteiger charge is 2.35. The van der Waals surface area contributed by atoms with Crippen LogP contribution in [-0.2, 0) is 9.53 Å². The Hall–Kier alpha value is -1.06. The predicted molar refractivity (Wildman–Crippen MR) is 71.8 cm³/mol. The van der Waals surface area contributed by atoms with Gasteiger partial charge in [0.2, 0.25) is 0 Å². The molecule has 0 spiro atoms. The molecular weight excluding hydrogens is 250 g/mol. The van der Waals surface area contributed by atoms with Gasteiger partial charge in [0.25, 0.3) is 0 Å². The minimum absolute atomic E-state index is 0.131. The van der Waals surface area contributed by atoms with E-state index in [2.05, 4.69) is 4.90 Å². The van der Waals surface area contributed by atoms with Crippen molar-refractivity contribution in [1.82, 2.24) is 4.90 Å².